The van der Waals surface area contributed by atoms with Gasteiger partial charge in [-0.15, -0.1) is 11.3 Å². The summed E-state index contributed by atoms with van der Waals surface area (Å²) in [6.45, 7) is 9.48. The summed E-state index contributed by atoms with van der Waals surface area (Å²) in [6, 6.07) is 2.87. The van der Waals surface area contributed by atoms with Crippen molar-refractivity contribution in [3.63, 3.8) is 0 Å². The first-order chi connectivity index (χ1) is 7.58. The molecule has 0 N–H and O–H groups in total. The molecule has 1 aliphatic heterocycles. The lowest BCUT2D eigenvalue weighted by molar-refractivity contribution is 0.0737. The molecule has 2 rings (SSSR count). The third kappa shape index (κ3) is 2.69. The van der Waals surface area contributed by atoms with Crippen molar-refractivity contribution in [3.05, 3.63) is 20.8 Å². The Balaban J connectivity index is 2.06. The van der Waals surface area contributed by atoms with Crippen molar-refractivity contribution in [1.29, 1.82) is 0 Å². The average Bonchev–Trinajstić information content (AvgIpc) is 2.60. The standard InChI is InChI=1S/C13H20BrNS/c1-9-6-10(2)11(3)15(7-9)8-13-12(14)4-5-16-13/h4-5,9-11H,6-8H2,1-3H3. The maximum absolute atomic E-state index is 3.63. The number of likely N-dealkylation sites (tertiary alicyclic amines) is 1. The van der Waals surface area contributed by atoms with E-state index in [0.717, 1.165) is 18.4 Å². The molecule has 0 radical (unpaired) electrons. The Morgan fingerprint density at radius 3 is 2.81 bits per heavy atom. The van der Waals surface area contributed by atoms with E-state index in [1.807, 2.05) is 11.3 Å². The van der Waals surface area contributed by atoms with E-state index in [2.05, 4.69) is 53.0 Å². The van der Waals surface area contributed by atoms with Gasteiger partial charge in [0, 0.05) is 28.5 Å². The van der Waals surface area contributed by atoms with Crippen molar-refractivity contribution >= 4 is 27.3 Å². The second kappa shape index (κ2) is 5.19. The quantitative estimate of drug-likeness (QED) is 0.784. The topological polar surface area (TPSA) is 3.24 Å². The fourth-order valence-electron chi connectivity index (χ4n) is 2.66. The minimum absolute atomic E-state index is 0.713. The normalized spacial score (nSPS) is 31.9. The molecule has 3 unspecified atom stereocenters. The van der Waals surface area contributed by atoms with Crippen molar-refractivity contribution in [2.75, 3.05) is 6.54 Å². The van der Waals surface area contributed by atoms with E-state index in [9.17, 15) is 0 Å². The lowest BCUT2D eigenvalue weighted by atomic mass is 9.86. The number of hydrogen-bond donors (Lipinski definition) is 0. The van der Waals surface area contributed by atoms with Gasteiger partial charge in [0.15, 0.2) is 0 Å². The van der Waals surface area contributed by atoms with Crippen LogP contribution in [-0.2, 0) is 6.54 Å². The van der Waals surface area contributed by atoms with E-state index < -0.39 is 0 Å². The molecule has 0 spiro atoms. The van der Waals surface area contributed by atoms with Gasteiger partial charge >= 0.3 is 0 Å². The summed E-state index contributed by atoms with van der Waals surface area (Å²) in [6.07, 6.45) is 1.38. The third-order valence-corrected chi connectivity index (χ3v) is 5.67. The Hall–Kier alpha value is 0.140. The molecule has 3 heteroatoms. The first kappa shape index (κ1) is 12.6. The molecular weight excluding hydrogens is 282 g/mol. The van der Waals surface area contributed by atoms with Crippen LogP contribution in [0, 0.1) is 11.8 Å². The molecular formula is C13H20BrNS. The fourth-order valence-corrected chi connectivity index (χ4v) is 4.17. The van der Waals surface area contributed by atoms with Gasteiger partial charge in [0.1, 0.15) is 0 Å². The summed E-state index contributed by atoms with van der Waals surface area (Å²) in [4.78, 5) is 4.10. The molecule has 1 aromatic rings. The number of nitrogens with zero attached hydrogens (tertiary/aromatic N) is 1. The molecule has 1 aliphatic rings. The molecule has 1 saturated heterocycles. The van der Waals surface area contributed by atoms with Crippen LogP contribution in [0.15, 0.2) is 15.9 Å². The molecule has 2 heterocycles. The lowest BCUT2D eigenvalue weighted by Gasteiger charge is -2.41. The Labute approximate surface area is 111 Å². The van der Waals surface area contributed by atoms with E-state index in [1.165, 1.54) is 22.3 Å². The first-order valence-corrected chi connectivity index (χ1v) is 7.71. The van der Waals surface area contributed by atoms with E-state index >= 15 is 0 Å². The predicted octanol–water partition coefficient (Wildman–Crippen LogP) is 4.38. The van der Waals surface area contributed by atoms with Crippen LogP contribution in [-0.4, -0.2) is 17.5 Å². The molecule has 1 aromatic heterocycles. The molecule has 16 heavy (non-hydrogen) atoms. The highest BCUT2D eigenvalue weighted by Crippen LogP contribution is 2.31. The fraction of sp³-hybridized carbons (Fsp3) is 0.692. The van der Waals surface area contributed by atoms with Crippen molar-refractivity contribution in [2.45, 2.75) is 39.8 Å². The van der Waals surface area contributed by atoms with Crippen LogP contribution < -0.4 is 0 Å². The molecule has 0 bridgehead atoms. The van der Waals surface area contributed by atoms with Crippen LogP contribution in [0.3, 0.4) is 0 Å². The molecule has 90 valence electrons. The predicted molar refractivity (Wildman–Crippen MR) is 74.8 cm³/mol. The van der Waals surface area contributed by atoms with Crippen LogP contribution in [0.2, 0.25) is 0 Å². The van der Waals surface area contributed by atoms with Crippen molar-refractivity contribution < 1.29 is 0 Å². The number of rotatable bonds is 2. The smallest absolute Gasteiger partial charge is 0.0342 e. The van der Waals surface area contributed by atoms with Gasteiger partial charge in [-0.25, -0.2) is 0 Å². The summed E-state index contributed by atoms with van der Waals surface area (Å²) in [5.74, 6) is 1.66. The van der Waals surface area contributed by atoms with Gasteiger partial charge in [0.2, 0.25) is 0 Å². The highest BCUT2D eigenvalue weighted by Gasteiger charge is 2.28. The minimum atomic E-state index is 0.713. The zero-order chi connectivity index (χ0) is 11.7. The summed E-state index contributed by atoms with van der Waals surface area (Å²) in [5.41, 5.74) is 0. The summed E-state index contributed by atoms with van der Waals surface area (Å²) in [7, 11) is 0. The average molecular weight is 302 g/mol. The number of halogens is 1. The van der Waals surface area contributed by atoms with Crippen LogP contribution in [0.5, 0.6) is 0 Å². The summed E-state index contributed by atoms with van der Waals surface area (Å²) < 4.78 is 1.27. The molecule has 0 aromatic carbocycles. The van der Waals surface area contributed by atoms with Crippen molar-refractivity contribution in [2.24, 2.45) is 11.8 Å². The largest absolute Gasteiger partial charge is 0.295 e. The van der Waals surface area contributed by atoms with Crippen LogP contribution in [0.4, 0.5) is 0 Å². The summed E-state index contributed by atoms with van der Waals surface area (Å²) >= 11 is 5.49. The Bertz CT molecular complexity index is 349. The Morgan fingerprint density at radius 2 is 2.19 bits per heavy atom. The van der Waals surface area contributed by atoms with Crippen LogP contribution in [0.25, 0.3) is 0 Å². The molecule has 1 fully saturated rings. The Kier molecular flexibility index (Phi) is 4.09. The third-order valence-electron chi connectivity index (χ3n) is 3.76. The number of hydrogen-bond acceptors (Lipinski definition) is 2. The van der Waals surface area contributed by atoms with Gasteiger partial charge in [-0.3, -0.25) is 4.90 Å². The zero-order valence-electron chi connectivity index (χ0n) is 10.2. The van der Waals surface area contributed by atoms with Gasteiger partial charge in [-0.1, -0.05) is 13.8 Å². The summed E-state index contributed by atoms with van der Waals surface area (Å²) in [5, 5.41) is 2.17. The highest BCUT2D eigenvalue weighted by molar-refractivity contribution is 9.10. The van der Waals surface area contributed by atoms with Gasteiger partial charge in [0.05, 0.1) is 0 Å². The number of thiophene rings is 1. The van der Waals surface area contributed by atoms with Crippen molar-refractivity contribution in [1.82, 2.24) is 4.90 Å². The maximum atomic E-state index is 3.63. The monoisotopic (exact) mass is 301 g/mol. The SMILES string of the molecule is CC1CC(C)C(C)N(Cc2sccc2Br)C1. The van der Waals surface area contributed by atoms with E-state index in [0.29, 0.717) is 6.04 Å². The Morgan fingerprint density at radius 1 is 1.44 bits per heavy atom. The molecule has 0 amide bonds. The molecule has 1 nitrogen and oxygen atoms in total. The van der Waals surface area contributed by atoms with Crippen LogP contribution >= 0.6 is 27.3 Å². The molecule has 0 aliphatic carbocycles. The van der Waals surface area contributed by atoms with Gasteiger partial charge in [-0.05, 0) is 52.6 Å². The maximum Gasteiger partial charge on any atom is 0.0342 e. The highest BCUT2D eigenvalue weighted by atomic mass is 79.9. The number of piperidine rings is 1. The van der Waals surface area contributed by atoms with E-state index in [-0.39, 0.29) is 0 Å². The van der Waals surface area contributed by atoms with Crippen LogP contribution in [0.1, 0.15) is 32.1 Å². The van der Waals surface area contributed by atoms with Gasteiger partial charge in [-0.2, -0.15) is 0 Å². The van der Waals surface area contributed by atoms with Gasteiger partial charge in [0.25, 0.3) is 0 Å². The zero-order valence-corrected chi connectivity index (χ0v) is 12.6. The van der Waals surface area contributed by atoms with E-state index in [4.69, 9.17) is 0 Å². The second-order valence-corrected chi connectivity index (χ2v) is 7.03. The molecule has 0 saturated carbocycles. The van der Waals surface area contributed by atoms with Crippen molar-refractivity contribution in [3.8, 4) is 0 Å². The van der Waals surface area contributed by atoms with Gasteiger partial charge < -0.3 is 0 Å². The van der Waals surface area contributed by atoms with E-state index in [1.54, 1.807) is 0 Å². The second-order valence-electron chi connectivity index (χ2n) is 5.18. The first-order valence-electron chi connectivity index (χ1n) is 6.04. The molecule has 3 atom stereocenters. The lowest BCUT2D eigenvalue weighted by Crippen LogP contribution is -2.44. The minimum Gasteiger partial charge on any atom is -0.295 e.